The third-order valence-electron chi connectivity index (χ3n) is 4.31. The molecule has 28 heavy (non-hydrogen) atoms. The van der Waals surface area contributed by atoms with E-state index >= 15 is 0 Å². The average molecular weight is 403 g/mol. The minimum Gasteiger partial charge on any atom is -0.494 e. The second-order valence-corrected chi connectivity index (χ2v) is 7.89. The summed E-state index contributed by atoms with van der Waals surface area (Å²) in [5.41, 5.74) is 0.212. The maximum atomic E-state index is 12.5. The lowest BCUT2D eigenvalue weighted by molar-refractivity contribution is -0.0103. The van der Waals surface area contributed by atoms with Crippen LogP contribution in [-0.2, 0) is 14.4 Å². The molecule has 0 radical (unpaired) electrons. The van der Waals surface area contributed by atoms with Crippen molar-refractivity contribution in [1.82, 2.24) is 5.06 Å². The Balaban J connectivity index is 1.65. The summed E-state index contributed by atoms with van der Waals surface area (Å²) in [6.45, 7) is 2.68. The van der Waals surface area contributed by atoms with E-state index < -0.39 is 21.9 Å². The summed E-state index contributed by atoms with van der Waals surface area (Å²) >= 11 is 0. The molecular weight excluding hydrogens is 382 g/mol. The van der Waals surface area contributed by atoms with Crippen molar-refractivity contribution in [1.29, 1.82) is 0 Å². The largest absolute Gasteiger partial charge is 0.494 e. The van der Waals surface area contributed by atoms with E-state index in [0.29, 0.717) is 12.4 Å². The van der Waals surface area contributed by atoms with Crippen molar-refractivity contribution >= 4 is 21.9 Å². The van der Waals surface area contributed by atoms with Crippen LogP contribution < -0.4 is 4.74 Å². The van der Waals surface area contributed by atoms with E-state index in [2.05, 4.69) is 6.92 Å². The highest BCUT2D eigenvalue weighted by Gasteiger charge is 2.39. The van der Waals surface area contributed by atoms with Crippen molar-refractivity contribution in [2.24, 2.45) is 0 Å². The minimum absolute atomic E-state index is 0.106. The molecule has 1 aliphatic heterocycles. The second kappa shape index (κ2) is 8.53. The van der Waals surface area contributed by atoms with Gasteiger partial charge in [0.05, 0.1) is 22.6 Å². The number of hydrogen-bond donors (Lipinski definition) is 0. The van der Waals surface area contributed by atoms with Crippen molar-refractivity contribution in [3.05, 3.63) is 59.7 Å². The van der Waals surface area contributed by atoms with E-state index in [1.165, 1.54) is 36.4 Å². The zero-order valence-electron chi connectivity index (χ0n) is 15.5. The molecule has 2 aromatic rings. The van der Waals surface area contributed by atoms with Crippen molar-refractivity contribution < 1.29 is 27.0 Å². The van der Waals surface area contributed by atoms with Crippen LogP contribution in [0.15, 0.2) is 53.4 Å². The Labute approximate surface area is 164 Å². The number of hydroxylamine groups is 2. The fraction of sp³-hybridized carbons (Fsp3) is 0.300. The highest BCUT2D eigenvalue weighted by molar-refractivity contribution is 7.86. The van der Waals surface area contributed by atoms with E-state index in [1.807, 2.05) is 0 Å². The number of amides is 2. The highest BCUT2D eigenvalue weighted by atomic mass is 32.2. The van der Waals surface area contributed by atoms with E-state index in [9.17, 15) is 18.0 Å². The van der Waals surface area contributed by atoms with Crippen molar-refractivity contribution in [2.75, 3.05) is 6.61 Å². The molecule has 2 amide bonds. The number of benzene rings is 2. The van der Waals surface area contributed by atoms with E-state index in [-0.39, 0.29) is 21.1 Å². The molecular formula is C20H21NO6S. The van der Waals surface area contributed by atoms with E-state index in [4.69, 9.17) is 9.02 Å². The number of unbranched alkanes of at least 4 members (excludes halogenated alkanes) is 3. The molecule has 0 atom stereocenters. The first-order valence-electron chi connectivity index (χ1n) is 9.09. The number of rotatable bonds is 9. The van der Waals surface area contributed by atoms with E-state index in [0.717, 1.165) is 25.7 Å². The van der Waals surface area contributed by atoms with Gasteiger partial charge in [-0.1, -0.05) is 38.3 Å². The van der Waals surface area contributed by atoms with Gasteiger partial charge in [0.25, 0.3) is 11.8 Å². The molecule has 0 saturated heterocycles. The van der Waals surface area contributed by atoms with Crippen molar-refractivity contribution in [2.45, 2.75) is 37.5 Å². The van der Waals surface area contributed by atoms with E-state index in [1.54, 1.807) is 12.1 Å². The molecule has 0 fully saturated rings. The van der Waals surface area contributed by atoms with Crippen LogP contribution in [0.25, 0.3) is 0 Å². The molecule has 0 bridgehead atoms. The van der Waals surface area contributed by atoms with Gasteiger partial charge < -0.3 is 4.74 Å². The molecule has 1 heterocycles. The van der Waals surface area contributed by atoms with Crippen LogP contribution >= 0.6 is 0 Å². The van der Waals surface area contributed by atoms with Crippen LogP contribution in [0.4, 0.5) is 0 Å². The lowest BCUT2D eigenvalue weighted by Crippen LogP contribution is -2.32. The molecule has 3 rings (SSSR count). The first-order chi connectivity index (χ1) is 13.4. The van der Waals surface area contributed by atoms with Gasteiger partial charge in [-0.15, -0.1) is 9.35 Å². The van der Waals surface area contributed by atoms with Crippen LogP contribution in [0.2, 0.25) is 0 Å². The SMILES string of the molecule is CCCCCCOc1ccc(S(=O)(=O)ON2C(=O)c3ccccc3C2=O)cc1. The lowest BCUT2D eigenvalue weighted by atomic mass is 10.1. The predicted octanol–water partition coefficient (Wildman–Crippen LogP) is 3.56. The Hall–Kier alpha value is -2.71. The first-order valence-corrected chi connectivity index (χ1v) is 10.5. The Morgan fingerprint density at radius 3 is 2.04 bits per heavy atom. The highest BCUT2D eigenvalue weighted by Crippen LogP contribution is 2.26. The third kappa shape index (κ3) is 4.23. The maximum absolute atomic E-state index is 12.5. The summed E-state index contributed by atoms with van der Waals surface area (Å²) in [5, 5.41) is 0.276. The summed E-state index contributed by atoms with van der Waals surface area (Å²) in [6.07, 6.45) is 4.29. The van der Waals surface area contributed by atoms with Gasteiger partial charge in [0.1, 0.15) is 5.75 Å². The van der Waals surface area contributed by atoms with Crippen molar-refractivity contribution in [3.63, 3.8) is 0 Å². The Morgan fingerprint density at radius 2 is 1.46 bits per heavy atom. The molecule has 0 spiro atoms. The average Bonchev–Trinajstić information content (AvgIpc) is 2.93. The molecule has 8 heteroatoms. The monoisotopic (exact) mass is 403 g/mol. The Morgan fingerprint density at radius 1 is 0.857 bits per heavy atom. The lowest BCUT2D eigenvalue weighted by Gasteiger charge is -2.13. The van der Waals surface area contributed by atoms with Crippen LogP contribution in [0.3, 0.4) is 0 Å². The smallest absolute Gasteiger partial charge is 0.318 e. The molecule has 1 aliphatic rings. The molecule has 148 valence electrons. The van der Waals surface area contributed by atoms with Gasteiger partial charge >= 0.3 is 10.1 Å². The maximum Gasteiger partial charge on any atom is 0.318 e. The Kier molecular flexibility index (Phi) is 6.11. The number of ether oxygens (including phenoxy) is 1. The van der Waals surface area contributed by atoms with Crippen LogP contribution in [-0.4, -0.2) is 31.9 Å². The molecule has 7 nitrogen and oxygen atoms in total. The van der Waals surface area contributed by atoms with Crippen LogP contribution in [0.1, 0.15) is 53.3 Å². The summed E-state index contributed by atoms with van der Waals surface area (Å²) in [5.74, 6) is -1.08. The molecule has 0 aliphatic carbocycles. The van der Waals surface area contributed by atoms with Gasteiger partial charge in [0, 0.05) is 0 Å². The topological polar surface area (TPSA) is 90.0 Å². The number of hydrogen-bond acceptors (Lipinski definition) is 6. The zero-order chi connectivity index (χ0) is 20.1. The number of carbonyl (C=O) groups is 2. The summed E-state index contributed by atoms with van der Waals surface area (Å²) in [7, 11) is -4.35. The summed E-state index contributed by atoms with van der Waals surface area (Å²) < 4.78 is 35.3. The number of imide groups is 1. The fourth-order valence-electron chi connectivity index (χ4n) is 2.80. The molecule has 0 N–H and O–H groups in total. The molecule has 0 aromatic heterocycles. The van der Waals surface area contributed by atoms with Gasteiger partial charge in [-0.3, -0.25) is 9.59 Å². The summed E-state index contributed by atoms with van der Waals surface area (Å²) in [4.78, 5) is 24.3. The quantitative estimate of drug-likeness (QED) is 0.470. The standard InChI is InChI=1S/C20H21NO6S/c1-2-3-4-7-14-26-15-10-12-16(13-11-15)28(24,25)27-21-19(22)17-8-5-6-9-18(17)20(21)23/h5-6,8-13H,2-4,7,14H2,1H3. The second-order valence-electron chi connectivity index (χ2n) is 6.36. The van der Waals surface area contributed by atoms with Crippen molar-refractivity contribution in [3.8, 4) is 5.75 Å². The Bertz CT molecular complexity index is 933. The van der Waals surface area contributed by atoms with Gasteiger partial charge in [0.15, 0.2) is 0 Å². The number of carbonyl (C=O) groups excluding carboxylic acids is 2. The third-order valence-corrected chi connectivity index (χ3v) is 5.50. The normalized spacial score (nSPS) is 13.7. The van der Waals surface area contributed by atoms with Crippen LogP contribution in [0.5, 0.6) is 5.75 Å². The number of fused-ring (bicyclic) bond motifs is 1. The van der Waals surface area contributed by atoms with Gasteiger partial charge in [-0.05, 0) is 42.8 Å². The molecule has 0 unspecified atom stereocenters. The minimum atomic E-state index is -4.35. The predicted molar refractivity (Wildman–Crippen MR) is 101 cm³/mol. The van der Waals surface area contributed by atoms with Gasteiger partial charge in [0.2, 0.25) is 0 Å². The number of nitrogens with zero attached hydrogens (tertiary/aromatic N) is 1. The van der Waals surface area contributed by atoms with Crippen LogP contribution in [0, 0.1) is 0 Å². The van der Waals surface area contributed by atoms with Gasteiger partial charge in [-0.2, -0.15) is 8.42 Å². The van der Waals surface area contributed by atoms with Gasteiger partial charge in [-0.25, -0.2) is 0 Å². The zero-order valence-corrected chi connectivity index (χ0v) is 16.3. The first kappa shape index (κ1) is 20.0. The molecule has 0 saturated carbocycles. The fourth-order valence-corrected chi connectivity index (χ4v) is 3.68. The summed E-state index contributed by atoms with van der Waals surface area (Å²) in [6, 6.07) is 11.7. The molecule has 2 aromatic carbocycles.